The molecule has 12 heavy (non-hydrogen) atoms. The van der Waals surface area contributed by atoms with E-state index in [0.29, 0.717) is 5.88 Å². The maximum absolute atomic E-state index is 9.19. The highest BCUT2D eigenvalue weighted by molar-refractivity contribution is 5.24. The van der Waals surface area contributed by atoms with Gasteiger partial charge in [0.2, 0.25) is 0 Å². The third kappa shape index (κ3) is 2.96. The molecule has 1 heterocycles. The summed E-state index contributed by atoms with van der Waals surface area (Å²) in [5.41, 5.74) is 1.04. The Morgan fingerprint density at radius 1 is 1.42 bits per heavy atom. The molecule has 1 aromatic heterocycles. The van der Waals surface area contributed by atoms with Gasteiger partial charge in [-0.15, -0.1) is 0 Å². The number of rotatable bonds is 4. The minimum atomic E-state index is 0. The molecule has 0 atom stereocenters. The standard InChI is InChI=1S/C9H15NO.H2O/c1-2-3-4-5-8-6-7-10-9(8)11;/h6-7,10-11H,2-5H2,1H3;1H2. The summed E-state index contributed by atoms with van der Waals surface area (Å²) in [6.45, 7) is 2.18. The Labute approximate surface area is 72.7 Å². The van der Waals surface area contributed by atoms with Crippen molar-refractivity contribution in [3.05, 3.63) is 17.8 Å². The molecule has 0 aliphatic rings. The van der Waals surface area contributed by atoms with E-state index in [1.807, 2.05) is 6.07 Å². The maximum atomic E-state index is 9.19. The molecule has 0 spiro atoms. The van der Waals surface area contributed by atoms with Gasteiger partial charge in [0.25, 0.3) is 0 Å². The van der Waals surface area contributed by atoms with Gasteiger partial charge in [0, 0.05) is 11.8 Å². The molecule has 0 amide bonds. The van der Waals surface area contributed by atoms with E-state index in [1.54, 1.807) is 6.20 Å². The Morgan fingerprint density at radius 3 is 2.67 bits per heavy atom. The fraction of sp³-hybridized carbons (Fsp3) is 0.556. The fourth-order valence-electron chi connectivity index (χ4n) is 1.16. The zero-order chi connectivity index (χ0) is 8.10. The van der Waals surface area contributed by atoms with Gasteiger partial charge in [0.15, 0.2) is 5.88 Å². The second-order valence-electron chi connectivity index (χ2n) is 2.81. The van der Waals surface area contributed by atoms with Crippen LogP contribution in [-0.4, -0.2) is 15.6 Å². The SMILES string of the molecule is CCCCCc1cc[nH]c1O.O. The van der Waals surface area contributed by atoms with E-state index in [1.165, 1.54) is 19.3 Å². The van der Waals surface area contributed by atoms with Crippen molar-refractivity contribution in [1.82, 2.24) is 4.98 Å². The summed E-state index contributed by atoms with van der Waals surface area (Å²) < 4.78 is 0. The molecule has 0 radical (unpaired) electrons. The summed E-state index contributed by atoms with van der Waals surface area (Å²) in [7, 11) is 0. The molecule has 0 bridgehead atoms. The lowest BCUT2D eigenvalue weighted by Crippen LogP contribution is -1.82. The molecular formula is C9H17NO2. The van der Waals surface area contributed by atoms with Crippen LogP contribution >= 0.6 is 0 Å². The first kappa shape index (κ1) is 11.0. The van der Waals surface area contributed by atoms with E-state index >= 15 is 0 Å². The Kier molecular flexibility index (Phi) is 5.21. The van der Waals surface area contributed by atoms with Crippen molar-refractivity contribution in [3.63, 3.8) is 0 Å². The van der Waals surface area contributed by atoms with Crippen molar-refractivity contribution in [2.24, 2.45) is 0 Å². The number of hydrogen-bond donors (Lipinski definition) is 2. The highest BCUT2D eigenvalue weighted by Crippen LogP contribution is 2.16. The summed E-state index contributed by atoms with van der Waals surface area (Å²) in [4.78, 5) is 2.75. The van der Waals surface area contributed by atoms with Gasteiger partial charge in [-0.3, -0.25) is 0 Å². The van der Waals surface area contributed by atoms with Crippen LogP contribution in [0, 0.1) is 0 Å². The lowest BCUT2D eigenvalue weighted by atomic mass is 10.1. The third-order valence-corrected chi connectivity index (χ3v) is 1.86. The molecule has 1 rings (SSSR count). The monoisotopic (exact) mass is 171 g/mol. The molecule has 0 saturated heterocycles. The van der Waals surface area contributed by atoms with Crippen molar-refractivity contribution in [1.29, 1.82) is 0 Å². The summed E-state index contributed by atoms with van der Waals surface area (Å²) >= 11 is 0. The first-order chi connectivity index (χ1) is 5.34. The average Bonchev–Trinajstić information content (AvgIpc) is 2.37. The van der Waals surface area contributed by atoms with Gasteiger partial charge < -0.3 is 15.6 Å². The first-order valence-corrected chi connectivity index (χ1v) is 4.19. The van der Waals surface area contributed by atoms with E-state index in [2.05, 4.69) is 11.9 Å². The Balaban J connectivity index is 0.00000121. The number of nitrogens with one attached hydrogen (secondary N) is 1. The predicted molar refractivity (Wildman–Crippen MR) is 49.3 cm³/mol. The van der Waals surface area contributed by atoms with E-state index < -0.39 is 0 Å². The van der Waals surface area contributed by atoms with E-state index in [-0.39, 0.29) is 5.48 Å². The summed E-state index contributed by atoms with van der Waals surface area (Å²) in [5, 5.41) is 9.19. The van der Waals surface area contributed by atoms with Crippen LogP contribution in [-0.2, 0) is 6.42 Å². The molecule has 0 aromatic carbocycles. The van der Waals surface area contributed by atoms with Crippen LogP contribution < -0.4 is 0 Å². The maximum Gasteiger partial charge on any atom is 0.191 e. The van der Waals surface area contributed by atoms with Crippen LogP contribution in [0.3, 0.4) is 0 Å². The van der Waals surface area contributed by atoms with Gasteiger partial charge in [0.1, 0.15) is 0 Å². The topological polar surface area (TPSA) is 67.5 Å². The second-order valence-corrected chi connectivity index (χ2v) is 2.81. The zero-order valence-corrected chi connectivity index (χ0v) is 7.43. The molecule has 0 fully saturated rings. The summed E-state index contributed by atoms with van der Waals surface area (Å²) in [6, 6.07) is 1.94. The Bertz CT molecular complexity index is 208. The average molecular weight is 171 g/mol. The van der Waals surface area contributed by atoms with Crippen LogP contribution in [0.2, 0.25) is 0 Å². The lowest BCUT2D eigenvalue weighted by molar-refractivity contribution is 0.449. The predicted octanol–water partition coefficient (Wildman–Crippen LogP) is 1.63. The molecule has 0 saturated carbocycles. The Morgan fingerprint density at radius 2 is 2.17 bits per heavy atom. The number of aryl methyl sites for hydroxylation is 1. The smallest absolute Gasteiger partial charge is 0.191 e. The van der Waals surface area contributed by atoms with Gasteiger partial charge >= 0.3 is 0 Å². The van der Waals surface area contributed by atoms with Gasteiger partial charge in [-0.05, 0) is 18.9 Å². The number of aromatic hydroxyl groups is 1. The molecular weight excluding hydrogens is 154 g/mol. The van der Waals surface area contributed by atoms with Gasteiger partial charge in [-0.2, -0.15) is 0 Å². The van der Waals surface area contributed by atoms with Gasteiger partial charge in [0.05, 0.1) is 0 Å². The molecule has 0 aliphatic carbocycles. The number of unbranched alkanes of at least 4 members (excludes halogenated alkanes) is 2. The quantitative estimate of drug-likeness (QED) is 0.664. The second kappa shape index (κ2) is 5.66. The molecule has 4 N–H and O–H groups in total. The molecule has 0 unspecified atom stereocenters. The van der Waals surface area contributed by atoms with Crippen molar-refractivity contribution in [3.8, 4) is 5.88 Å². The normalized spacial score (nSPS) is 9.42. The molecule has 1 aromatic rings. The Hall–Kier alpha value is -0.960. The molecule has 70 valence electrons. The third-order valence-electron chi connectivity index (χ3n) is 1.86. The van der Waals surface area contributed by atoms with E-state index in [9.17, 15) is 5.11 Å². The highest BCUT2D eigenvalue weighted by Gasteiger charge is 1.99. The van der Waals surface area contributed by atoms with Crippen LogP contribution in [0.5, 0.6) is 5.88 Å². The van der Waals surface area contributed by atoms with Crippen molar-refractivity contribution >= 4 is 0 Å². The van der Waals surface area contributed by atoms with Crippen molar-refractivity contribution in [2.45, 2.75) is 32.6 Å². The number of aromatic amines is 1. The minimum absolute atomic E-state index is 0. The molecule has 0 aliphatic heterocycles. The van der Waals surface area contributed by atoms with Crippen molar-refractivity contribution in [2.75, 3.05) is 0 Å². The van der Waals surface area contributed by atoms with Crippen LogP contribution in [0.4, 0.5) is 0 Å². The van der Waals surface area contributed by atoms with Crippen LogP contribution in [0.25, 0.3) is 0 Å². The van der Waals surface area contributed by atoms with Gasteiger partial charge in [-0.1, -0.05) is 19.8 Å². The van der Waals surface area contributed by atoms with Crippen LogP contribution in [0.15, 0.2) is 12.3 Å². The lowest BCUT2D eigenvalue weighted by Gasteiger charge is -1.96. The number of hydrogen-bond acceptors (Lipinski definition) is 1. The molecule has 3 nitrogen and oxygen atoms in total. The molecule has 3 heteroatoms. The van der Waals surface area contributed by atoms with Gasteiger partial charge in [-0.25, -0.2) is 0 Å². The van der Waals surface area contributed by atoms with Crippen molar-refractivity contribution < 1.29 is 10.6 Å². The summed E-state index contributed by atoms with van der Waals surface area (Å²) in [6.07, 6.45) is 6.40. The minimum Gasteiger partial charge on any atom is -0.494 e. The van der Waals surface area contributed by atoms with E-state index in [4.69, 9.17) is 0 Å². The van der Waals surface area contributed by atoms with Crippen LogP contribution in [0.1, 0.15) is 31.7 Å². The highest BCUT2D eigenvalue weighted by atomic mass is 16.3. The first-order valence-electron chi connectivity index (χ1n) is 4.19. The largest absolute Gasteiger partial charge is 0.494 e. The number of aromatic nitrogens is 1. The summed E-state index contributed by atoms with van der Waals surface area (Å²) in [5.74, 6) is 0.334. The number of H-pyrrole nitrogens is 1. The van der Waals surface area contributed by atoms with E-state index in [0.717, 1.165) is 12.0 Å². The zero-order valence-electron chi connectivity index (χ0n) is 7.43. The fourth-order valence-corrected chi connectivity index (χ4v) is 1.16.